The van der Waals surface area contributed by atoms with Crippen LogP contribution in [-0.2, 0) is 29.2 Å². The van der Waals surface area contributed by atoms with Crippen molar-refractivity contribution in [1.29, 1.82) is 0 Å². The second-order valence-electron chi connectivity index (χ2n) is 10.7. The SMILES string of the molecule is O=C1CCC(N2Cc3cccc(NCc4ccc(CN5CC(N6CCOCC6)C5)cc4F)c3C2=O)C(O)N1. The van der Waals surface area contributed by atoms with Gasteiger partial charge in [0.1, 0.15) is 12.0 Å². The Hall–Kier alpha value is -3.05. The Morgan fingerprint density at radius 1 is 1.13 bits per heavy atom. The first-order valence-corrected chi connectivity index (χ1v) is 13.4. The van der Waals surface area contributed by atoms with Crippen molar-refractivity contribution in [3.8, 4) is 0 Å². The van der Waals surface area contributed by atoms with Gasteiger partial charge in [-0.2, -0.15) is 0 Å². The summed E-state index contributed by atoms with van der Waals surface area (Å²) in [7, 11) is 0. The number of rotatable bonds is 7. The summed E-state index contributed by atoms with van der Waals surface area (Å²) in [5, 5.41) is 16.1. The fraction of sp³-hybridized carbons (Fsp3) is 0.500. The van der Waals surface area contributed by atoms with E-state index in [1.165, 1.54) is 0 Å². The number of fused-ring (bicyclic) bond motifs is 1. The zero-order valence-electron chi connectivity index (χ0n) is 21.4. The van der Waals surface area contributed by atoms with E-state index in [-0.39, 0.29) is 30.6 Å². The van der Waals surface area contributed by atoms with Gasteiger partial charge in [0.25, 0.3) is 5.91 Å². The fourth-order valence-electron chi connectivity index (χ4n) is 6.02. The molecule has 9 nitrogen and oxygen atoms in total. The summed E-state index contributed by atoms with van der Waals surface area (Å²) in [6.07, 6.45) is -0.396. The summed E-state index contributed by atoms with van der Waals surface area (Å²) in [4.78, 5) is 31.3. The Morgan fingerprint density at radius 3 is 2.71 bits per heavy atom. The molecular formula is C28H34FN5O4. The average molecular weight is 524 g/mol. The first kappa shape index (κ1) is 25.2. The maximum absolute atomic E-state index is 15.0. The third-order valence-corrected chi connectivity index (χ3v) is 8.20. The van der Waals surface area contributed by atoms with E-state index in [9.17, 15) is 14.7 Å². The van der Waals surface area contributed by atoms with Crippen LogP contribution in [0.3, 0.4) is 0 Å². The number of piperidine rings is 1. The molecule has 0 spiro atoms. The number of carbonyl (C=O) groups excluding carboxylic acids is 2. The maximum atomic E-state index is 15.0. The predicted octanol–water partition coefficient (Wildman–Crippen LogP) is 1.51. The van der Waals surface area contributed by atoms with Crippen LogP contribution in [-0.4, -0.2) is 89.3 Å². The van der Waals surface area contributed by atoms with Crippen molar-refractivity contribution in [3.63, 3.8) is 0 Å². The van der Waals surface area contributed by atoms with Gasteiger partial charge in [-0.15, -0.1) is 0 Å². The van der Waals surface area contributed by atoms with Crippen LogP contribution in [0.5, 0.6) is 0 Å². The molecule has 2 aromatic rings. The number of benzene rings is 2. The molecular weight excluding hydrogens is 489 g/mol. The minimum absolute atomic E-state index is 0.191. The van der Waals surface area contributed by atoms with E-state index in [4.69, 9.17) is 4.74 Å². The van der Waals surface area contributed by atoms with E-state index in [2.05, 4.69) is 20.4 Å². The number of aliphatic hydroxyl groups excluding tert-OH is 1. The number of anilines is 1. The van der Waals surface area contributed by atoms with Crippen molar-refractivity contribution >= 4 is 17.5 Å². The molecule has 10 heteroatoms. The van der Waals surface area contributed by atoms with Crippen LogP contribution < -0.4 is 10.6 Å². The van der Waals surface area contributed by atoms with Gasteiger partial charge in [0.15, 0.2) is 0 Å². The van der Waals surface area contributed by atoms with Gasteiger partial charge in [-0.05, 0) is 29.7 Å². The minimum atomic E-state index is -1.08. The molecule has 4 aliphatic rings. The van der Waals surface area contributed by atoms with Crippen LogP contribution in [0.15, 0.2) is 36.4 Å². The molecule has 0 bridgehead atoms. The standard InChI is InChI=1S/C28H34FN5O4/c29-22-12-18(14-32-16-21(17-32)33-8-10-38-11-9-33)4-5-19(22)13-30-23-3-1-2-20-15-34(28(37)26(20)23)24-6-7-25(35)31-27(24)36/h1-5,12,21,24,27,30,36H,6-11,13-17H2,(H,31,35). The van der Waals surface area contributed by atoms with Crippen molar-refractivity contribution < 1.29 is 23.8 Å². The number of nitrogens with one attached hydrogen (secondary N) is 2. The Kier molecular flexibility index (Phi) is 7.05. The van der Waals surface area contributed by atoms with Gasteiger partial charge in [0.05, 0.1) is 24.8 Å². The lowest BCUT2D eigenvalue weighted by Gasteiger charge is -2.46. The second kappa shape index (κ2) is 10.6. The van der Waals surface area contributed by atoms with Gasteiger partial charge < -0.3 is 25.4 Å². The molecule has 0 aliphatic carbocycles. The Bertz CT molecular complexity index is 1210. The number of halogens is 1. The number of amides is 2. The molecule has 3 N–H and O–H groups in total. The lowest BCUT2D eigenvalue weighted by Crippen LogP contribution is -2.60. The summed E-state index contributed by atoms with van der Waals surface area (Å²) in [5.41, 5.74) is 3.53. The van der Waals surface area contributed by atoms with Gasteiger partial charge in [0.2, 0.25) is 5.91 Å². The summed E-state index contributed by atoms with van der Waals surface area (Å²) in [5.74, 6) is -0.665. The van der Waals surface area contributed by atoms with Crippen molar-refractivity contribution in [2.45, 2.75) is 50.8 Å². The highest BCUT2D eigenvalue weighted by Gasteiger charge is 2.40. The van der Waals surface area contributed by atoms with E-state index in [1.54, 1.807) is 11.0 Å². The number of likely N-dealkylation sites (tertiary alicyclic amines) is 1. The third-order valence-electron chi connectivity index (χ3n) is 8.20. The largest absolute Gasteiger partial charge is 0.380 e. The van der Waals surface area contributed by atoms with Crippen LogP contribution in [0.4, 0.5) is 10.1 Å². The van der Waals surface area contributed by atoms with Gasteiger partial charge in [0, 0.05) is 69.5 Å². The lowest BCUT2D eigenvalue weighted by atomic mass is 10.0. The highest BCUT2D eigenvalue weighted by atomic mass is 19.1. The van der Waals surface area contributed by atoms with Crippen molar-refractivity contribution in [1.82, 2.24) is 20.0 Å². The summed E-state index contributed by atoms with van der Waals surface area (Å²) < 4.78 is 20.4. The third kappa shape index (κ3) is 5.01. The molecule has 3 fully saturated rings. The van der Waals surface area contributed by atoms with E-state index < -0.39 is 12.3 Å². The first-order valence-electron chi connectivity index (χ1n) is 13.4. The van der Waals surface area contributed by atoms with Crippen LogP contribution in [0.25, 0.3) is 0 Å². The first-order chi connectivity index (χ1) is 18.5. The molecule has 0 saturated carbocycles. The number of carbonyl (C=O) groups is 2. The number of aliphatic hydroxyl groups is 1. The number of ether oxygens (including phenoxy) is 1. The van der Waals surface area contributed by atoms with Gasteiger partial charge >= 0.3 is 0 Å². The Balaban J connectivity index is 1.06. The number of nitrogens with zero attached hydrogens (tertiary/aromatic N) is 3. The van der Waals surface area contributed by atoms with Crippen molar-refractivity contribution in [2.24, 2.45) is 0 Å². The normalized spacial score (nSPS) is 24.7. The van der Waals surface area contributed by atoms with Gasteiger partial charge in [-0.3, -0.25) is 19.4 Å². The Labute approximate surface area is 221 Å². The summed E-state index contributed by atoms with van der Waals surface area (Å²) >= 11 is 0. The maximum Gasteiger partial charge on any atom is 0.257 e. The predicted molar refractivity (Wildman–Crippen MR) is 139 cm³/mol. The van der Waals surface area contributed by atoms with Crippen molar-refractivity contribution in [2.75, 3.05) is 44.7 Å². The Morgan fingerprint density at radius 2 is 1.95 bits per heavy atom. The molecule has 6 rings (SSSR count). The van der Waals surface area contributed by atoms with Crippen LogP contribution in [0, 0.1) is 5.82 Å². The second-order valence-corrected chi connectivity index (χ2v) is 10.7. The molecule has 38 heavy (non-hydrogen) atoms. The van der Waals surface area contributed by atoms with E-state index in [1.807, 2.05) is 30.3 Å². The highest BCUT2D eigenvalue weighted by molar-refractivity contribution is 6.03. The van der Waals surface area contributed by atoms with Crippen LogP contribution >= 0.6 is 0 Å². The monoisotopic (exact) mass is 523 g/mol. The smallest absolute Gasteiger partial charge is 0.257 e. The quantitative estimate of drug-likeness (QED) is 0.506. The molecule has 3 saturated heterocycles. The molecule has 0 aromatic heterocycles. The molecule has 202 valence electrons. The molecule has 2 atom stereocenters. The fourth-order valence-corrected chi connectivity index (χ4v) is 6.02. The molecule has 4 aliphatic heterocycles. The van der Waals surface area contributed by atoms with Crippen molar-refractivity contribution in [3.05, 3.63) is 64.5 Å². The molecule has 2 aromatic carbocycles. The average Bonchev–Trinajstić information content (AvgIpc) is 3.22. The molecule has 2 unspecified atom stereocenters. The van der Waals surface area contributed by atoms with Crippen LogP contribution in [0.1, 0.15) is 39.9 Å². The zero-order valence-corrected chi connectivity index (χ0v) is 21.4. The summed E-state index contributed by atoms with van der Waals surface area (Å²) in [6.45, 7) is 6.94. The molecule has 4 heterocycles. The molecule has 2 amide bonds. The molecule has 0 radical (unpaired) electrons. The topological polar surface area (TPSA) is 97.4 Å². The number of hydrogen-bond donors (Lipinski definition) is 3. The van der Waals surface area contributed by atoms with E-state index in [0.717, 1.165) is 57.1 Å². The summed E-state index contributed by atoms with van der Waals surface area (Å²) in [6, 6.07) is 11.1. The number of hydrogen-bond acceptors (Lipinski definition) is 7. The zero-order chi connectivity index (χ0) is 26.2. The van der Waals surface area contributed by atoms with Crippen LogP contribution in [0.2, 0.25) is 0 Å². The lowest BCUT2D eigenvalue weighted by molar-refractivity contribution is -0.129. The number of morpholine rings is 1. The van der Waals surface area contributed by atoms with Gasteiger partial charge in [-0.25, -0.2) is 4.39 Å². The van der Waals surface area contributed by atoms with E-state index >= 15 is 4.39 Å². The van der Waals surface area contributed by atoms with E-state index in [0.29, 0.717) is 35.8 Å². The van der Waals surface area contributed by atoms with Gasteiger partial charge in [-0.1, -0.05) is 24.3 Å². The minimum Gasteiger partial charge on any atom is -0.380 e. The highest BCUT2D eigenvalue weighted by Crippen LogP contribution is 2.33.